The third-order valence-electron chi connectivity index (χ3n) is 2.98. The van der Waals surface area contributed by atoms with Crippen molar-refractivity contribution in [1.29, 1.82) is 0 Å². The van der Waals surface area contributed by atoms with Crippen LogP contribution in [0.5, 0.6) is 0 Å². The minimum Gasteiger partial charge on any atom is -0.309 e. The summed E-state index contributed by atoms with van der Waals surface area (Å²) in [5.41, 5.74) is 2.91. The summed E-state index contributed by atoms with van der Waals surface area (Å²) in [6.45, 7) is 12.3. The first-order valence-electron chi connectivity index (χ1n) is 6.35. The third-order valence-corrected chi connectivity index (χ3v) is 3.87. The Bertz CT molecular complexity index is 366. The fraction of sp³-hybridized carbons (Fsp3) is 0.600. The second-order valence-corrected chi connectivity index (χ2v) is 6.62. The third kappa shape index (κ3) is 4.11. The van der Waals surface area contributed by atoms with Crippen LogP contribution in [0.3, 0.4) is 0 Å². The summed E-state index contributed by atoms with van der Waals surface area (Å²) in [6, 6.07) is 7.06. The highest BCUT2D eigenvalue weighted by molar-refractivity contribution is 9.10. The van der Waals surface area contributed by atoms with E-state index in [2.05, 4.69) is 74.1 Å². The van der Waals surface area contributed by atoms with Crippen molar-refractivity contribution in [2.45, 2.75) is 47.1 Å². The summed E-state index contributed by atoms with van der Waals surface area (Å²) in [5.74, 6) is 0. The molecule has 0 spiro atoms. The highest BCUT2D eigenvalue weighted by atomic mass is 79.9. The quantitative estimate of drug-likeness (QED) is 0.838. The molecule has 0 aliphatic carbocycles. The zero-order valence-electron chi connectivity index (χ0n) is 11.6. The Balaban J connectivity index is 3.00. The van der Waals surface area contributed by atoms with Crippen molar-refractivity contribution >= 4 is 15.9 Å². The van der Waals surface area contributed by atoms with Crippen LogP contribution in [0.2, 0.25) is 0 Å². The number of nitrogens with one attached hydrogen (secondary N) is 1. The van der Waals surface area contributed by atoms with E-state index in [0.717, 1.165) is 6.54 Å². The number of rotatable bonds is 4. The molecule has 1 N–H and O–H groups in total. The van der Waals surface area contributed by atoms with Crippen molar-refractivity contribution in [3.8, 4) is 0 Å². The number of hydrogen-bond acceptors (Lipinski definition) is 1. The molecule has 0 aliphatic heterocycles. The lowest BCUT2D eigenvalue weighted by atomic mass is 9.82. The lowest BCUT2D eigenvalue weighted by molar-refractivity contribution is 0.273. The van der Waals surface area contributed by atoms with E-state index in [4.69, 9.17) is 0 Å². The smallest absolute Gasteiger partial charge is 0.0369 e. The van der Waals surface area contributed by atoms with Gasteiger partial charge in [0.15, 0.2) is 0 Å². The van der Waals surface area contributed by atoms with Gasteiger partial charge in [0.1, 0.15) is 0 Å². The Kier molecular flexibility index (Phi) is 5.21. The van der Waals surface area contributed by atoms with Crippen LogP contribution < -0.4 is 5.32 Å². The molecule has 1 aromatic carbocycles. The highest BCUT2D eigenvalue weighted by Crippen LogP contribution is 2.34. The normalized spacial score (nSPS) is 13.8. The summed E-state index contributed by atoms with van der Waals surface area (Å²) in [5, 5.41) is 3.66. The first-order valence-corrected chi connectivity index (χ1v) is 7.15. The maximum absolute atomic E-state index is 3.66. The molecule has 2 heteroatoms. The molecular weight excluding hydrogens is 274 g/mol. The van der Waals surface area contributed by atoms with E-state index in [1.54, 1.807) is 0 Å². The summed E-state index contributed by atoms with van der Waals surface area (Å²) >= 11 is 3.56. The molecule has 0 radical (unpaired) electrons. The molecule has 0 amide bonds. The lowest BCUT2D eigenvalue weighted by Gasteiger charge is -2.32. The Hall–Kier alpha value is -0.340. The van der Waals surface area contributed by atoms with Gasteiger partial charge in [-0.2, -0.15) is 0 Å². The highest BCUT2D eigenvalue weighted by Gasteiger charge is 2.25. The topological polar surface area (TPSA) is 12.0 Å². The monoisotopic (exact) mass is 297 g/mol. The molecule has 0 heterocycles. The van der Waals surface area contributed by atoms with E-state index in [1.165, 1.54) is 22.0 Å². The van der Waals surface area contributed by atoms with E-state index in [9.17, 15) is 0 Å². The molecule has 96 valence electrons. The van der Waals surface area contributed by atoms with Gasteiger partial charge in [0.2, 0.25) is 0 Å². The Morgan fingerprint density at radius 2 is 1.94 bits per heavy atom. The molecule has 0 aliphatic rings. The van der Waals surface area contributed by atoms with Crippen LogP contribution in [0.25, 0.3) is 0 Å². The fourth-order valence-electron chi connectivity index (χ4n) is 2.06. The maximum atomic E-state index is 3.66. The minimum absolute atomic E-state index is 0.232. The first-order chi connectivity index (χ1) is 7.86. The van der Waals surface area contributed by atoms with Crippen molar-refractivity contribution in [2.75, 3.05) is 6.54 Å². The number of benzene rings is 1. The van der Waals surface area contributed by atoms with Crippen LogP contribution in [0, 0.1) is 12.3 Å². The summed E-state index contributed by atoms with van der Waals surface area (Å²) in [6.07, 6.45) is 1.17. The van der Waals surface area contributed by atoms with Gasteiger partial charge >= 0.3 is 0 Å². The standard InChI is InChI=1S/C15H24BrN/c1-6-9-17-14(15(3,4)5)12-7-8-13(16)11(2)10-12/h7-8,10,14,17H,6,9H2,1-5H3. The van der Waals surface area contributed by atoms with E-state index >= 15 is 0 Å². The van der Waals surface area contributed by atoms with Gasteiger partial charge in [-0.05, 0) is 42.5 Å². The van der Waals surface area contributed by atoms with Crippen LogP contribution in [0.4, 0.5) is 0 Å². The van der Waals surface area contributed by atoms with Gasteiger partial charge in [-0.15, -0.1) is 0 Å². The van der Waals surface area contributed by atoms with Gasteiger partial charge in [-0.3, -0.25) is 0 Å². The Morgan fingerprint density at radius 1 is 1.29 bits per heavy atom. The van der Waals surface area contributed by atoms with Gasteiger partial charge < -0.3 is 5.32 Å². The molecule has 1 unspecified atom stereocenters. The van der Waals surface area contributed by atoms with Crippen molar-refractivity contribution in [3.63, 3.8) is 0 Å². The number of aryl methyl sites for hydroxylation is 1. The second-order valence-electron chi connectivity index (χ2n) is 5.76. The zero-order chi connectivity index (χ0) is 13.1. The van der Waals surface area contributed by atoms with Crippen LogP contribution >= 0.6 is 15.9 Å². The van der Waals surface area contributed by atoms with Gasteiger partial charge in [0, 0.05) is 10.5 Å². The maximum Gasteiger partial charge on any atom is 0.0369 e. The van der Waals surface area contributed by atoms with Crippen molar-refractivity contribution < 1.29 is 0 Å². The lowest BCUT2D eigenvalue weighted by Crippen LogP contribution is -2.32. The van der Waals surface area contributed by atoms with Gasteiger partial charge in [0.25, 0.3) is 0 Å². The SMILES string of the molecule is CCCNC(c1ccc(Br)c(C)c1)C(C)(C)C. The first kappa shape index (κ1) is 14.7. The van der Waals surface area contributed by atoms with Crippen LogP contribution in [0.15, 0.2) is 22.7 Å². The largest absolute Gasteiger partial charge is 0.309 e. The Labute approximate surface area is 114 Å². The van der Waals surface area contributed by atoms with Crippen LogP contribution in [0.1, 0.15) is 51.3 Å². The molecule has 1 nitrogen and oxygen atoms in total. The summed E-state index contributed by atoms with van der Waals surface area (Å²) in [7, 11) is 0. The van der Waals surface area contributed by atoms with Crippen molar-refractivity contribution in [2.24, 2.45) is 5.41 Å². The van der Waals surface area contributed by atoms with Crippen LogP contribution in [-0.2, 0) is 0 Å². The van der Waals surface area contributed by atoms with E-state index in [1.807, 2.05) is 0 Å². The summed E-state index contributed by atoms with van der Waals surface area (Å²) in [4.78, 5) is 0. The molecule has 1 atom stereocenters. The molecule has 1 aromatic rings. The van der Waals surface area contributed by atoms with Crippen molar-refractivity contribution in [1.82, 2.24) is 5.32 Å². The van der Waals surface area contributed by atoms with E-state index in [-0.39, 0.29) is 5.41 Å². The van der Waals surface area contributed by atoms with Crippen molar-refractivity contribution in [3.05, 3.63) is 33.8 Å². The van der Waals surface area contributed by atoms with Gasteiger partial charge in [-0.25, -0.2) is 0 Å². The average Bonchev–Trinajstić information content (AvgIpc) is 2.22. The molecular formula is C15H24BrN. The molecule has 0 fully saturated rings. The van der Waals surface area contributed by atoms with E-state index in [0.29, 0.717) is 6.04 Å². The molecule has 0 saturated carbocycles. The molecule has 17 heavy (non-hydrogen) atoms. The molecule has 1 rings (SSSR count). The van der Waals surface area contributed by atoms with Gasteiger partial charge in [0.05, 0.1) is 0 Å². The number of hydrogen-bond donors (Lipinski definition) is 1. The second kappa shape index (κ2) is 6.01. The Morgan fingerprint density at radius 3 is 2.41 bits per heavy atom. The predicted octanol–water partition coefficient (Wildman–Crippen LogP) is 4.84. The predicted molar refractivity (Wildman–Crippen MR) is 79.4 cm³/mol. The average molecular weight is 298 g/mol. The van der Waals surface area contributed by atoms with Gasteiger partial charge in [-0.1, -0.05) is 55.8 Å². The number of halogens is 1. The van der Waals surface area contributed by atoms with E-state index < -0.39 is 0 Å². The van der Waals surface area contributed by atoms with Crippen LogP contribution in [-0.4, -0.2) is 6.54 Å². The molecule has 0 bridgehead atoms. The summed E-state index contributed by atoms with van der Waals surface area (Å²) < 4.78 is 1.18. The fourth-order valence-corrected chi connectivity index (χ4v) is 2.31. The molecule has 0 saturated heterocycles. The molecule has 0 aromatic heterocycles. The zero-order valence-corrected chi connectivity index (χ0v) is 13.2. The minimum atomic E-state index is 0.232.